The van der Waals surface area contributed by atoms with Gasteiger partial charge in [-0.05, 0) is 25.5 Å². The molecule has 1 amide bonds. The molecule has 0 saturated heterocycles. The van der Waals surface area contributed by atoms with Crippen LogP contribution in [-0.2, 0) is 9.53 Å². The highest BCUT2D eigenvalue weighted by atomic mass is 16.5. The number of hydrogen-bond acceptors (Lipinski definition) is 4. The van der Waals surface area contributed by atoms with Crippen LogP contribution in [0.4, 0.5) is 0 Å². The van der Waals surface area contributed by atoms with Gasteiger partial charge in [-0.2, -0.15) is 0 Å². The first-order valence-corrected chi connectivity index (χ1v) is 7.67. The SMILES string of the molecule is CCCCCCN(CCC(=O)OCC)C(=O)c1ccco1. The fraction of sp³-hybridized carbons (Fsp3) is 0.625. The Morgan fingerprint density at radius 1 is 1.19 bits per heavy atom. The Labute approximate surface area is 126 Å². The highest BCUT2D eigenvalue weighted by Crippen LogP contribution is 2.09. The van der Waals surface area contributed by atoms with E-state index in [1.165, 1.54) is 6.26 Å². The molecule has 5 heteroatoms. The maximum absolute atomic E-state index is 12.3. The van der Waals surface area contributed by atoms with Gasteiger partial charge < -0.3 is 14.1 Å². The third-order valence-electron chi connectivity index (χ3n) is 3.19. The first-order valence-electron chi connectivity index (χ1n) is 7.67. The van der Waals surface area contributed by atoms with Crippen LogP contribution in [0.1, 0.15) is 56.5 Å². The molecular weight excluding hydrogens is 270 g/mol. The zero-order valence-corrected chi connectivity index (χ0v) is 13.0. The second-order valence-corrected chi connectivity index (χ2v) is 4.89. The molecule has 1 rings (SSSR count). The average Bonchev–Trinajstić information content (AvgIpc) is 3.00. The Balaban J connectivity index is 2.52. The van der Waals surface area contributed by atoms with E-state index >= 15 is 0 Å². The van der Waals surface area contributed by atoms with E-state index in [2.05, 4.69) is 6.92 Å². The molecule has 1 heterocycles. The minimum Gasteiger partial charge on any atom is -0.466 e. The third kappa shape index (κ3) is 6.47. The number of carbonyl (C=O) groups excluding carboxylic acids is 2. The molecule has 0 aliphatic rings. The van der Waals surface area contributed by atoms with Gasteiger partial charge in [-0.3, -0.25) is 9.59 Å². The van der Waals surface area contributed by atoms with Crippen LogP contribution in [0, 0.1) is 0 Å². The third-order valence-corrected chi connectivity index (χ3v) is 3.19. The predicted octanol–water partition coefficient (Wildman–Crippen LogP) is 3.26. The van der Waals surface area contributed by atoms with Crippen LogP contribution >= 0.6 is 0 Å². The molecule has 1 aromatic heterocycles. The summed E-state index contributed by atoms with van der Waals surface area (Å²) in [7, 11) is 0. The summed E-state index contributed by atoms with van der Waals surface area (Å²) in [6.45, 7) is 5.28. The summed E-state index contributed by atoms with van der Waals surface area (Å²) in [5, 5.41) is 0. The lowest BCUT2D eigenvalue weighted by Crippen LogP contribution is -2.34. The summed E-state index contributed by atoms with van der Waals surface area (Å²) in [5.41, 5.74) is 0. The van der Waals surface area contributed by atoms with Crippen molar-refractivity contribution in [3.05, 3.63) is 24.2 Å². The van der Waals surface area contributed by atoms with Crippen molar-refractivity contribution < 1.29 is 18.7 Å². The molecular formula is C16H25NO4. The Kier molecular flexibility index (Phi) is 8.24. The molecule has 0 fully saturated rings. The standard InChI is InChI=1S/C16H25NO4/c1-3-5-6-7-11-17(12-10-15(18)20-4-2)16(19)14-9-8-13-21-14/h8-9,13H,3-7,10-12H2,1-2H3. The first-order chi connectivity index (χ1) is 10.2. The Morgan fingerprint density at radius 3 is 2.62 bits per heavy atom. The number of nitrogens with zero attached hydrogens (tertiary/aromatic N) is 1. The maximum atomic E-state index is 12.3. The molecule has 0 aromatic carbocycles. The normalized spacial score (nSPS) is 10.4. The Hall–Kier alpha value is -1.78. The van der Waals surface area contributed by atoms with Crippen molar-refractivity contribution in [3.8, 4) is 0 Å². The van der Waals surface area contributed by atoms with Crippen molar-refractivity contribution in [3.63, 3.8) is 0 Å². The number of ether oxygens (including phenoxy) is 1. The van der Waals surface area contributed by atoms with Crippen molar-refractivity contribution in [2.24, 2.45) is 0 Å². The number of amides is 1. The fourth-order valence-corrected chi connectivity index (χ4v) is 2.06. The highest BCUT2D eigenvalue weighted by molar-refractivity contribution is 5.91. The van der Waals surface area contributed by atoms with Gasteiger partial charge in [0.25, 0.3) is 5.91 Å². The molecule has 0 radical (unpaired) electrons. The van der Waals surface area contributed by atoms with Crippen molar-refractivity contribution in [1.29, 1.82) is 0 Å². The van der Waals surface area contributed by atoms with Gasteiger partial charge in [0.05, 0.1) is 19.3 Å². The lowest BCUT2D eigenvalue weighted by atomic mass is 10.2. The summed E-state index contributed by atoms with van der Waals surface area (Å²) < 4.78 is 10.1. The second kappa shape index (κ2) is 10.0. The van der Waals surface area contributed by atoms with Crippen molar-refractivity contribution in [1.82, 2.24) is 4.90 Å². The minimum atomic E-state index is -0.275. The molecule has 118 valence electrons. The van der Waals surface area contributed by atoms with Gasteiger partial charge in [0.2, 0.25) is 0 Å². The number of unbranched alkanes of at least 4 members (excludes halogenated alkanes) is 3. The molecule has 0 unspecified atom stereocenters. The summed E-state index contributed by atoms with van der Waals surface area (Å²) in [6.07, 6.45) is 6.01. The van der Waals surface area contributed by atoms with Crippen molar-refractivity contribution >= 4 is 11.9 Å². The van der Waals surface area contributed by atoms with Crippen LogP contribution in [0.3, 0.4) is 0 Å². The number of furan rings is 1. The molecule has 0 spiro atoms. The lowest BCUT2D eigenvalue weighted by molar-refractivity contribution is -0.143. The first kappa shape index (κ1) is 17.3. The molecule has 0 aliphatic heterocycles. The van der Waals surface area contributed by atoms with Crippen LogP contribution in [0.25, 0.3) is 0 Å². The largest absolute Gasteiger partial charge is 0.466 e. The van der Waals surface area contributed by atoms with Gasteiger partial charge >= 0.3 is 5.97 Å². The molecule has 0 bridgehead atoms. The van der Waals surface area contributed by atoms with E-state index in [0.717, 1.165) is 25.7 Å². The fourth-order valence-electron chi connectivity index (χ4n) is 2.06. The molecule has 5 nitrogen and oxygen atoms in total. The van der Waals surface area contributed by atoms with Gasteiger partial charge in [-0.15, -0.1) is 0 Å². The molecule has 21 heavy (non-hydrogen) atoms. The van der Waals surface area contributed by atoms with E-state index in [-0.39, 0.29) is 18.3 Å². The zero-order valence-electron chi connectivity index (χ0n) is 13.0. The molecule has 1 aromatic rings. The van der Waals surface area contributed by atoms with E-state index in [9.17, 15) is 9.59 Å². The zero-order chi connectivity index (χ0) is 15.5. The van der Waals surface area contributed by atoms with E-state index in [4.69, 9.17) is 9.15 Å². The van der Waals surface area contributed by atoms with E-state index in [1.807, 2.05) is 0 Å². The van der Waals surface area contributed by atoms with Crippen molar-refractivity contribution in [2.45, 2.75) is 46.0 Å². The summed E-state index contributed by atoms with van der Waals surface area (Å²) in [6, 6.07) is 3.33. The minimum absolute atomic E-state index is 0.166. The number of hydrogen-bond donors (Lipinski definition) is 0. The Morgan fingerprint density at radius 2 is 2.00 bits per heavy atom. The van der Waals surface area contributed by atoms with Crippen molar-refractivity contribution in [2.75, 3.05) is 19.7 Å². The second-order valence-electron chi connectivity index (χ2n) is 4.89. The van der Waals surface area contributed by atoms with E-state index < -0.39 is 0 Å². The lowest BCUT2D eigenvalue weighted by Gasteiger charge is -2.21. The molecule has 0 aliphatic carbocycles. The van der Waals surface area contributed by atoms with Crippen LogP contribution in [0.2, 0.25) is 0 Å². The number of carbonyl (C=O) groups is 2. The van der Waals surface area contributed by atoms with Crippen LogP contribution in [0.5, 0.6) is 0 Å². The number of esters is 1. The van der Waals surface area contributed by atoms with Gasteiger partial charge in [-0.25, -0.2) is 0 Å². The molecule has 0 saturated carbocycles. The van der Waals surface area contributed by atoms with Gasteiger partial charge in [0.1, 0.15) is 0 Å². The van der Waals surface area contributed by atoms with Crippen LogP contribution in [0.15, 0.2) is 22.8 Å². The summed E-state index contributed by atoms with van der Waals surface area (Å²) in [4.78, 5) is 25.4. The molecule has 0 atom stereocenters. The predicted molar refractivity (Wildman–Crippen MR) is 80.0 cm³/mol. The highest BCUT2D eigenvalue weighted by Gasteiger charge is 2.19. The molecule has 0 N–H and O–H groups in total. The van der Waals surface area contributed by atoms with E-state index in [1.54, 1.807) is 24.0 Å². The quantitative estimate of drug-likeness (QED) is 0.491. The van der Waals surface area contributed by atoms with Gasteiger partial charge in [0.15, 0.2) is 5.76 Å². The van der Waals surface area contributed by atoms with Crippen LogP contribution < -0.4 is 0 Å². The summed E-state index contributed by atoms with van der Waals surface area (Å²) in [5.74, 6) is -0.126. The van der Waals surface area contributed by atoms with Gasteiger partial charge in [-0.1, -0.05) is 26.2 Å². The van der Waals surface area contributed by atoms with Gasteiger partial charge in [0, 0.05) is 13.1 Å². The monoisotopic (exact) mass is 295 g/mol. The summed E-state index contributed by atoms with van der Waals surface area (Å²) >= 11 is 0. The maximum Gasteiger partial charge on any atom is 0.307 e. The van der Waals surface area contributed by atoms with Crippen LogP contribution in [-0.4, -0.2) is 36.5 Å². The number of rotatable bonds is 10. The topological polar surface area (TPSA) is 59.8 Å². The Bertz CT molecular complexity index is 414. The van der Waals surface area contributed by atoms with E-state index in [0.29, 0.717) is 25.5 Å². The average molecular weight is 295 g/mol. The smallest absolute Gasteiger partial charge is 0.307 e.